The molecule has 1 aromatic heterocycles. The number of halogens is 1. The fourth-order valence-corrected chi connectivity index (χ4v) is 2.22. The van der Waals surface area contributed by atoms with Crippen LogP contribution in [-0.2, 0) is 0 Å². The third-order valence-electron chi connectivity index (χ3n) is 3.06. The highest BCUT2D eigenvalue weighted by molar-refractivity contribution is 6.32. The van der Waals surface area contributed by atoms with Crippen molar-refractivity contribution < 1.29 is 0 Å². The zero-order valence-electron chi connectivity index (χ0n) is 9.20. The van der Waals surface area contributed by atoms with Crippen LogP contribution in [0.1, 0.15) is 26.2 Å². The second kappa shape index (κ2) is 4.84. The zero-order valence-corrected chi connectivity index (χ0v) is 9.96. The molecule has 0 amide bonds. The van der Waals surface area contributed by atoms with Gasteiger partial charge in [-0.25, -0.2) is 10.8 Å². The Morgan fingerprint density at radius 1 is 1.50 bits per heavy atom. The maximum atomic E-state index is 6.02. The third-order valence-corrected chi connectivity index (χ3v) is 3.33. The fourth-order valence-electron chi connectivity index (χ4n) is 2.07. The zero-order chi connectivity index (χ0) is 11.5. The van der Waals surface area contributed by atoms with Crippen LogP contribution in [-0.4, -0.2) is 16.0 Å². The molecule has 4 N–H and O–H groups in total. The van der Waals surface area contributed by atoms with Crippen LogP contribution >= 0.6 is 11.6 Å². The molecule has 1 heterocycles. The maximum absolute atomic E-state index is 6.02. The van der Waals surface area contributed by atoms with Crippen molar-refractivity contribution in [3.8, 4) is 0 Å². The van der Waals surface area contributed by atoms with E-state index in [2.05, 4.69) is 27.6 Å². The molecule has 1 aliphatic rings. The number of hydrazine groups is 1. The fraction of sp³-hybridized carbons (Fsp3) is 0.600. The van der Waals surface area contributed by atoms with Gasteiger partial charge >= 0.3 is 0 Å². The molecule has 1 fully saturated rings. The Balaban J connectivity index is 2.13. The number of nitrogens with zero attached hydrogens (tertiary/aromatic N) is 2. The van der Waals surface area contributed by atoms with Crippen LogP contribution in [0.25, 0.3) is 0 Å². The molecule has 2 rings (SSSR count). The van der Waals surface area contributed by atoms with Crippen LogP contribution in [0, 0.1) is 5.92 Å². The number of nitrogen functional groups attached to an aromatic ring is 1. The van der Waals surface area contributed by atoms with E-state index in [1.54, 1.807) is 6.20 Å². The number of aromatic nitrogens is 2. The van der Waals surface area contributed by atoms with Gasteiger partial charge < -0.3 is 5.32 Å². The van der Waals surface area contributed by atoms with E-state index in [1.807, 2.05) is 0 Å². The number of hydrogen-bond acceptors (Lipinski definition) is 5. The molecule has 1 aliphatic carbocycles. The summed E-state index contributed by atoms with van der Waals surface area (Å²) in [5.74, 6) is 6.94. The van der Waals surface area contributed by atoms with E-state index in [0.717, 1.165) is 6.42 Å². The molecule has 5 nitrogen and oxygen atoms in total. The Morgan fingerprint density at radius 3 is 2.94 bits per heavy atom. The van der Waals surface area contributed by atoms with Crippen molar-refractivity contribution in [2.45, 2.75) is 32.2 Å². The van der Waals surface area contributed by atoms with Gasteiger partial charge in [-0.05, 0) is 18.8 Å². The van der Waals surface area contributed by atoms with E-state index in [-0.39, 0.29) is 0 Å². The van der Waals surface area contributed by atoms with Gasteiger partial charge in [-0.2, -0.15) is 4.98 Å². The quantitative estimate of drug-likeness (QED) is 0.558. The highest BCUT2D eigenvalue weighted by atomic mass is 35.5. The highest BCUT2D eigenvalue weighted by Crippen LogP contribution is 2.29. The van der Waals surface area contributed by atoms with Gasteiger partial charge in [0.25, 0.3) is 0 Å². The largest absolute Gasteiger partial charge is 0.366 e. The average molecular weight is 242 g/mol. The van der Waals surface area contributed by atoms with Crippen LogP contribution in [0.5, 0.6) is 0 Å². The first kappa shape index (κ1) is 11.4. The molecule has 1 saturated carbocycles. The first-order valence-corrected chi connectivity index (χ1v) is 5.84. The van der Waals surface area contributed by atoms with Crippen molar-refractivity contribution >= 4 is 23.4 Å². The van der Waals surface area contributed by atoms with Crippen LogP contribution in [0.15, 0.2) is 6.20 Å². The molecule has 0 aliphatic heterocycles. The first-order chi connectivity index (χ1) is 7.70. The molecule has 16 heavy (non-hydrogen) atoms. The molecule has 6 heteroatoms. The Bertz CT molecular complexity index is 370. The van der Waals surface area contributed by atoms with Gasteiger partial charge in [0.05, 0.1) is 6.20 Å². The van der Waals surface area contributed by atoms with Crippen LogP contribution in [0.2, 0.25) is 5.02 Å². The van der Waals surface area contributed by atoms with Gasteiger partial charge in [0.1, 0.15) is 5.02 Å². The second-order valence-corrected chi connectivity index (χ2v) is 4.60. The van der Waals surface area contributed by atoms with Gasteiger partial charge in [0.2, 0.25) is 5.95 Å². The third kappa shape index (κ3) is 2.36. The number of hydrogen-bond donors (Lipinski definition) is 3. The van der Waals surface area contributed by atoms with Crippen LogP contribution in [0.3, 0.4) is 0 Å². The van der Waals surface area contributed by atoms with E-state index in [9.17, 15) is 0 Å². The Kier molecular flexibility index (Phi) is 3.46. The van der Waals surface area contributed by atoms with E-state index >= 15 is 0 Å². The molecule has 0 saturated heterocycles. The highest BCUT2D eigenvalue weighted by Gasteiger charge is 2.24. The van der Waals surface area contributed by atoms with Crippen LogP contribution < -0.4 is 16.6 Å². The van der Waals surface area contributed by atoms with Crippen molar-refractivity contribution in [3.05, 3.63) is 11.2 Å². The SMILES string of the molecule is CC1CCCC1Nc1nc(NN)ncc1Cl. The van der Waals surface area contributed by atoms with E-state index < -0.39 is 0 Å². The summed E-state index contributed by atoms with van der Waals surface area (Å²) in [5.41, 5.74) is 2.41. The molecule has 1 aromatic rings. The van der Waals surface area contributed by atoms with E-state index in [1.165, 1.54) is 12.8 Å². The molecular formula is C10H16ClN5. The Hall–Kier alpha value is -1.07. The number of anilines is 2. The van der Waals surface area contributed by atoms with Gasteiger partial charge in [-0.3, -0.25) is 5.43 Å². The number of rotatable bonds is 3. The van der Waals surface area contributed by atoms with Crippen LogP contribution in [0.4, 0.5) is 11.8 Å². The molecule has 2 atom stereocenters. The number of nitrogens with two attached hydrogens (primary N) is 1. The smallest absolute Gasteiger partial charge is 0.239 e. The van der Waals surface area contributed by atoms with E-state index in [4.69, 9.17) is 17.4 Å². The van der Waals surface area contributed by atoms with Crippen molar-refractivity contribution in [1.82, 2.24) is 9.97 Å². The summed E-state index contributed by atoms with van der Waals surface area (Å²) in [7, 11) is 0. The monoisotopic (exact) mass is 241 g/mol. The minimum absolute atomic E-state index is 0.373. The Labute approximate surface area is 99.8 Å². The standard InChI is InChI=1S/C10H16ClN5/c1-6-3-2-4-8(6)14-9-7(11)5-13-10(15-9)16-12/h5-6,8H,2-4,12H2,1H3,(H2,13,14,15,16). The van der Waals surface area contributed by atoms with Crippen molar-refractivity contribution in [3.63, 3.8) is 0 Å². The first-order valence-electron chi connectivity index (χ1n) is 5.46. The lowest BCUT2D eigenvalue weighted by molar-refractivity contribution is 0.555. The minimum atomic E-state index is 0.373. The lowest BCUT2D eigenvalue weighted by atomic mass is 10.1. The molecule has 0 spiro atoms. The topological polar surface area (TPSA) is 75.9 Å². The molecule has 2 unspecified atom stereocenters. The second-order valence-electron chi connectivity index (χ2n) is 4.19. The van der Waals surface area contributed by atoms with Gasteiger partial charge in [0.15, 0.2) is 5.82 Å². The lowest BCUT2D eigenvalue weighted by Crippen LogP contribution is -2.23. The normalized spacial score (nSPS) is 24.4. The molecule has 0 aromatic carbocycles. The Morgan fingerprint density at radius 2 is 2.31 bits per heavy atom. The van der Waals surface area contributed by atoms with Gasteiger partial charge in [-0.1, -0.05) is 24.9 Å². The lowest BCUT2D eigenvalue weighted by Gasteiger charge is -2.18. The van der Waals surface area contributed by atoms with Crippen molar-refractivity contribution in [2.75, 3.05) is 10.7 Å². The molecular weight excluding hydrogens is 226 g/mol. The summed E-state index contributed by atoms with van der Waals surface area (Å²) in [4.78, 5) is 8.13. The summed E-state index contributed by atoms with van der Waals surface area (Å²) in [6.07, 6.45) is 5.21. The predicted octanol–water partition coefficient (Wildman–Crippen LogP) is 2.02. The average Bonchev–Trinajstić information content (AvgIpc) is 2.68. The summed E-state index contributed by atoms with van der Waals surface area (Å²) < 4.78 is 0. The van der Waals surface area contributed by atoms with Crippen molar-refractivity contribution in [2.24, 2.45) is 11.8 Å². The molecule has 0 bridgehead atoms. The van der Waals surface area contributed by atoms with E-state index in [0.29, 0.717) is 28.7 Å². The summed E-state index contributed by atoms with van der Waals surface area (Å²) in [6, 6.07) is 0.443. The molecule has 88 valence electrons. The minimum Gasteiger partial charge on any atom is -0.366 e. The van der Waals surface area contributed by atoms with Gasteiger partial charge in [-0.15, -0.1) is 0 Å². The summed E-state index contributed by atoms with van der Waals surface area (Å²) in [6.45, 7) is 2.24. The predicted molar refractivity (Wildman–Crippen MR) is 65.3 cm³/mol. The molecule has 0 radical (unpaired) electrons. The summed E-state index contributed by atoms with van der Waals surface area (Å²) in [5, 5.41) is 3.88. The maximum Gasteiger partial charge on any atom is 0.239 e. The van der Waals surface area contributed by atoms with Gasteiger partial charge in [0, 0.05) is 6.04 Å². The summed E-state index contributed by atoms with van der Waals surface area (Å²) >= 11 is 6.02. The van der Waals surface area contributed by atoms with Crippen molar-refractivity contribution in [1.29, 1.82) is 0 Å². The number of nitrogens with one attached hydrogen (secondary N) is 2.